The molecule has 1 aromatic rings. The molecule has 0 saturated carbocycles. The highest BCUT2D eigenvalue weighted by atomic mass is 32.2. The molecule has 0 spiro atoms. The van der Waals surface area contributed by atoms with Crippen LogP contribution in [0.2, 0.25) is 0 Å². The summed E-state index contributed by atoms with van der Waals surface area (Å²) in [6.07, 6.45) is 8.82. The first-order valence-electron chi connectivity index (χ1n) is 9.70. The molecule has 144 valence electrons. The van der Waals surface area contributed by atoms with Gasteiger partial charge in [-0.1, -0.05) is 56.5 Å². The Morgan fingerprint density at radius 1 is 1.35 bits per heavy atom. The van der Waals surface area contributed by atoms with E-state index in [-0.39, 0.29) is 0 Å². The van der Waals surface area contributed by atoms with E-state index >= 15 is 0 Å². The van der Waals surface area contributed by atoms with Gasteiger partial charge in [-0.2, -0.15) is 11.8 Å². The zero-order valence-electron chi connectivity index (χ0n) is 16.1. The lowest BCUT2D eigenvalue weighted by molar-refractivity contribution is 0.213. The summed E-state index contributed by atoms with van der Waals surface area (Å²) >= 11 is 3.54. The molecule has 26 heavy (non-hydrogen) atoms. The van der Waals surface area contributed by atoms with E-state index in [1.807, 2.05) is 36.4 Å². The van der Waals surface area contributed by atoms with E-state index in [2.05, 4.69) is 43.2 Å². The predicted octanol–water partition coefficient (Wildman–Crippen LogP) is 5.80. The van der Waals surface area contributed by atoms with E-state index < -0.39 is 5.44 Å². The van der Waals surface area contributed by atoms with Gasteiger partial charge < -0.3 is 10.0 Å². The first kappa shape index (κ1) is 21.5. The number of aliphatic hydroxyl groups is 1. The molecular formula is C22H33NOS2. The van der Waals surface area contributed by atoms with Gasteiger partial charge in [0, 0.05) is 23.2 Å². The minimum atomic E-state index is -0.507. The number of hydrogen-bond donors (Lipinski definition) is 1. The van der Waals surface area contributed by atoms with Crippen molar-refractivity contribution in [1.82, 2.24) is 4.90 Å². The zero-order chi connectivity index (χ0) is 18.8. The maximum Gasteiger partial charge on any atom is 0.122 e. The number of benzene rings is 1. The maximum absolute atomic E-state index is 10.3. The fraction of sp³-hybridized carbons (Fsp3) is 0.545. The molecule has 1 aromatic carbocycles. The highest BCUT2D eigenvalue weighted by molar-refractivity contribution is 8.00. The molecule has 0 radical (unpaired) electrons. The standard InChI is InChI=1S/C22H33NOS2/c1-4-15-25-17-18(2)16-23-19(3)9-8-10-20(23)13-14-22(24)26-21-11-6-5-7-12-21/h5-7,11-14,18,20,22,24H,3-4,8-10,15-17H2,1-2H3/b14-13+/t18-,20?,22?/m0/s1. The number of thioether (sulfide) groups is 2. The fourth-order valence-corrected chi connectivity index (χ4v) is 4.96. The Kier molecular flexibility index (Phi) is 9.73. The van der Waals surface area contributed by atoms with Crippen molar-refractivity contribution in [3.63, 3.8) is 0 Å². The van der Waals surface area contributed by atoms with Crippen molar-refractivity contribution in [2.45, 2.75) is 55.9 Å². The first-order chi connectivity index (χ1) is 12.6. The van der Waals surface area contributed by atoms with Crippen LogP contribution in [0.25, 0.3) is 0 Å². The third-order valence-corrected chi connectivity index (χ3v) is 6.97. The summed E-state index contributed by atoms with van der Waals surface area (Å²) < 4.78 is 0. The Morgan fingerprint density at radius 3 is 2.85 bits per heavy atom. The normalized spacial score (nSPS) is 20.5. The molecule has 4 heteroatoms. The SMILES string of the molecule is C=C1CCCC(/C=C/C(O)Sc2ccccc2)N1C[C@H](C)CSCCC. The molecular weight excluding hydrogens is 358 g/mol. The molecule has 1 saturated heterocycles. The van der Waals surface area contributed by atoms with Crippen LogP contribution < -0.4 is 0 Å². The third kappa shape index (κ3) is 7.42. The number of rotatable bonds is 10. The number of piperidine rings is 1. The molecule has 2 nitrogen and oxygen atoms in total. The van der Waals surface area contributed by atoms with E-state index in [1.165, 1.54) is 41.8 Å². The second kappa shape index (κ2) is 11.8. The Hall–Kier alpha value is -0.840. The molecule has 2 unspecified atom stereocenters. The second-order valence-electron chi connectivity index (χ2n) is 7.06. The molecule has 1 fully saturated rings. The monoisotopic (exact) mass is 391 g/mol. The van der Waals surface area contributed by atoms with Gasteiger partial charge in [0.1, 0.15) is 5.44 Å². The molecule has 2 rings (SSSR count). The molecule has 1 aliphatic heterocycles. The fourth-order valence-electron chi connectivity index (χ4n) is 3.23. The molecule has 1 aliphatic rings. The van der Waals surface area contributed by atoms with E-state index in [9.17, 15) is 5.11 Å². The van der Waals surface area contributed by atoms with Crippen molar-refractivity contribution in [2.75, 3.05) is 18.1 Å². The van der Waals surface area contributed by atoms with Crippen molar-refractivity contribution in [1.29, 1.82) is 0 Å². The third-order valence-electron chi connectivity index (χ3n) is 4.53. The summed E-state index contributed by atoms with van der Waals surface area (Å²) in [6.45, 7) is 9.95. The van der Waals surface area contributed by atoms with Crippen LogP contribution in [0.3, 0.4) is 0 Å². The van der Waals surface area contributed by atoms with Gasteiger partial charge in [0.15, 0.2) is 0 Å². The largest absolute Gasteiger partial charge is 0.378 e. The number of aliphatic hydroxyl groups excluding tert-OH is 1. The molecule has 3 atom stereocenters. The number of hydrogen-bond acceptors (Lipinski definition) is 4. The second-order valence-corrected chi connectivity index (χ2v) is 9.40. The van der Waals surface area contributed by atoms with Gasteiger partial charge in [-0.25, -0.2) is 0 Å². The van der Waals surface area contributed by atoms with Crippen molar-refractivity contribution in [2.24, 2.45) is 5.92 Å². The van der Waals surface area contributed by atoms with Crippen LogP contribution in [0.4, 0.5) is 0 Å². The number of allylic oxidation sites excluding steroid dienone is 1. The van der Waals surface area contributed by atoms with Crippen LogP contribution in [0.1, 0.15) is 39.5 Å². The summed E-state index contributed by atoms with van der Waals surface area (Å²) in [5, 5.41) is 10.3. The Bertz CT molecular complexity index is 561. The minimum Gasteiger partial charge on any atom is -0.378 e. The summed E-state index contributed by atoms with van der Waals surface area (Å²) in [6, 6.07) is 10.4. The van der Waals surface area contributed by atoms with E-state index in [0.717, 1.165) is 24.3 Å². The van der Waals surface area contributed by atoms with Gasteiger partial charge >= 0.3 is 0 Å². The van der Waals surface area contributed by atoms with Crippen molar-refractivity contribution < 1.29 is 5.11 Å². The zero-order valence-corrected chi connectivity index (χ0v) is 17.8. The minimum absolute atomic E-state index is 0.362. The number of likely N-dealkylation sites (tertiary alicyclic amines) is 1. The smallest absolute Gasteiger partial charge is 0.122 e. The lowest BCUT2D eigenvalue weighted by Crippen LogP contribution is -2.39. The van der Waals surface area contributed by atoms with Crippen LogP contribution in [0.5, 0.6) is 0 Å². The topological polar surface area (TPSA) is 23.5 Å². The van der Waals surface area contributed by atoms with Gasteiger partial charge in [-0.05, 0) is 61.3 Å². The van der Waals surface area contributed by atoms with E-state index in [4.69, 9.17) is 0 Å². The van der Waals surface area contributed by atoms with Gasteiger partial charge in [-0.3, -0.25) is 0 Å². The molecule has 0 aromatic heterocycles. The van der Waals surface area contributed by atoms with E-state index in [0.29, 0.717) is 12.0 Å². The lowest BCUT2D eigenvalue weighted by atomic mass is 9.98. The van der Waals surface area contributed by atoms with Crippen LogP contribution in [-0.4, -0.2) is 39.5 Å². The maximum atomic E-state index is 10.3. The summed E-state index contributed by atoms with van der Waals surface area (Å²) in [5.41, 5.74) is 0.746. The average Bonchev–Trinajstić information content (AvgIpc) is 2.63. The number of nitrogens with zero attached hydrogens (tertiary/aromatic N) is 1. The van der Waals surface area contributed by atoms with Crippen LogP contribution >= 0.6 is 23.5 Å². The summed E-state index contributed by atoms with van der Waals surface area (Å²) in [7, 11) is 0. The lowest BCUT2D eigenvalue weighted by Gasteiger charge is -2.39. The Balaban J connectivity index is 1.90. The van der Waals surface area contributed by atoms with Gasteiger partial charge in [0.2, 0.25) is 0 Å². The molecule has 1 N–H and O–H groups in total. The molecule has 0 aliphatic carbocycles. The van der Waals surface area contributed by atoms with Crippen molar-refractivity contribution in [3.05, 3.63) is 54.8 Å². The highest BCUT2D eigenvalue weighted by Gasteiger charge is 2.23. The predicted molar refractivity (Wildman–Crippen MR) is 118 cm³/mol. The molecule has 0 bridgehead atoms. The summed E-state index contributed by atoms with van der Waals surface area (Å²) in [5.74, 6) is 3.11. The highest BCUT2D eigenvalue weighted by Crippen LogP contribution is 2.28. The first-order valence-corrected chi connectivity index (χ1v) is 11.7. The van der Waals surface area contributed by atoms with Crippen LogP contribution in [-0.2, 0) is 0 Å². The van der Waals surface area contributed by atoms with Crippen molar-refractivity contribution in [3.8, 4) is 0 Å². The quantitative estimate of drug-likeness (QED) is 0.236. The Labute approximate surface area is 168 Å². The van der Waals surface area contributed by atoms with Gasteiger partial charge in [-0.15, -0.1) is 0 Å². The molecule has 1 heterocycles. The van der Waals surface area contributed by atoms with Gasteiger partial charge in [0.25, 0.3) is 0 Å². The van der Waals surface area contributed by atoms with Crippen LogP contribution in [0.15, 0.2) is 59.7 Å². The Morgan fingerprint density at radius 2 is 2.12 bits per heavy atom. The summed E-state index contributed by atoms with van der Waals surface area (Å²) in [4.78, 5) is 3.56. The van der Waals surface area contributed by atoms with Crippen molar-refractivity contribution >= 4 is 23.5 Å². The molecule has 0 amide bonds. The van der Waals surface area contributed by atoms with Crippen LogP contribution in [0, 0.1) is 5.92 Å². The average molecular weight is 392 g/mol. The van der Waals surface area contributed by atoms with Gasteiger partial charge in [0.05, 0.1) is 0 Å². The van der Waals surface area contributed by atoms with E-state index in [1.54, 1.807) is 0 Å².